The molecule has 0 amide bonds. The Bertz CT molecular complexity index is 512. The highest BCUT2D eigenvalue weighted by Gasteiger charge is 2.10. The van der Waals surface area contributed by atoms with Crippen molar-refractivity contribution in [2.24, 2.45) is 0 Å². The van der Waals surface area contributed by atoms with Gasteiger partial charge in [0.05, 0.1) is 4.88 Å². The number of ketones is 1. The van der Waals surface area contributed by atoms with Gasteiger partial charge in [-0.3, -0.25) is 4.79 Å². The molecular weight excluding hydrogens is 232 g/mol. The van der Waals surface area contributed by atoms with E-state index in [2.05, 4.69) is 0 Å². The average Bonchev–Trinajstić information content (AvgIpc) is 2.91. The number of rotatable bonds is 4. The number of hydrogen-bond acceptors (Lipinski definition) is 3. The zero-order valence-corrected chi connectivity index (χ0v) is 10.2. The van der Waals surface area contributed by atoms with Crippen LogP contribution in [0.1, 0.15) is 33.6 Å². The fourth-order valence-corrected chi connectivity index (χ4v) is 2.25. The Balaban J connectivity index is 2.24. The summed E-state index contributed by atoms with van der Waals surface area (Å²) in [6, 6.07) is 10.9. The first-order valence-corrected chi connectivity index (χ1v) is 6.24. The van der Waals surface area contributed by atoms with Crippen molar-refractivity contribution in [2.45, 2.75) is 12.8 Å². The van der Waals surface area contributed by atoms with Gasteiger partial charge in [0.15, 0.2) is 0 Å². The molecule has 1 unspecified atom stereocenters. The van der Waals surface area contributed by atoms with E-state index in [1.54, 1.807) is 12.1 Å². The highest BCUT2D eigenvalue weighted by Crippen LogP contribution is 2.18. The minimum atomic E-state index is -0.124. The van der Waals surface area contributed by atoms with Crippen LogP contribution in [0, 0.1) is 0 Å². The van der Waals surface area contributed by atoms with Crippen LogP contribution >= 0.6 is 11.3 Å². The lowest BCUT2D eigenvalue weighted by Crippen LogP contribution is -2.00. The molecule has 1 aromatic heterocycles. The molecule has 0 radical (unpaired) electrons. The molecule has 1 heterocycles. The Morgan fingerprint density at radius 3 is 2.47 bits per heavy atom. The molecule has 0 fully saturated rings. The van der Waals surface area contributed by atoms with E-state index in [0.29, 0.717) is 5.56 Å². The number of aldehydes is 1. The number of thiophene rings is 1. The Morgan fingerprint density at radius 1 is 1.24 bits per heavy atom. The van der Waals surface area contributed by atoms with Crippen LogP contribution in [-0.2, 0) is 4.79 Å². The van der Waals surface area contributed by atoms with Crippen molar-refractivity contribution in [1.82, 2.24) is 0 Å². The Hall–Kier alpha value is -1.74. The molecule has 0 saturated heterocycles. The minimum Gasteiger partial charge on any atom is -0.303 e. The van der Waals surface area contributed by atoms with E-state index in [9.17, 15) is 9.59 Å². The van der Waals surface area contributed by atoms with Crippen LogP contribution < -0.4 is 0 Å². The third kappa shape index (κ3) is 2.50. The molecule has 2 nitrogen and oxygen atoms in total. The second-order valence-electron chi connectivity index (χ2n) is 3.85. The van der Waals surface area contributed by atoms with Crippen molar-refractivity contribution in [3.8, 4) is 0 Å². The maximum absolute atomic E-state index is 12.0. The van der Waals surface area contributed by atoms with E-state index in [4.69, 9.17) is 0 Å². The summed E-state index contributed by atoms with van der Waals surface area (Å²) >= 11 is 1.44. The quantitative estimate of drug-likeness (QED) is 0.611. The predicted octanol–water partition coefficient (Wildman–Crippen LogP) is 3.28. The summed E-state index contributed by atoms with van der Waals surface area (Å²) in [6.07, 6.45) is 0.899. The van der Waals surface area contributed by atoms with Crippen molar-refractivity contribution in [2.75, 3.05) is 0 Å². The zero-order chi connectivity index (χ0) is 12.3. The second kappa shape index (κ2) is 5.06. The third-order valence-electron chi connectivity index (χ3n) is 2.65. The first kappa shape index (κ1) is 11.7. The standard InChI is InChI=1S/C14H12O2S/c1-10(9-15)11-4-6-12(7-5-11)14(16)13-3-2-8-17-13/h2-10H,1H3. The maximum Gasteiger partial charge on any atom is 0.202 e. The number of carbonyl (C=O) groups is 2. The van der Waals surface area contributed by atoms with Crippen molar-refractivity contribution < 1.29 is 9.59 Å². The number of hydrogen-bond donors (Lipinski definition) is 0. The van der Waals surface area contributed by atoms with Crippen molar-refractivity contribution in [1.29, 1.82) is 0 Å². The molecule has 3 heteroatoms. The Kier molecular flexibility index (Phi) is 3.49. The predicted molar refractivity (Wildman–Crippen MR) is 68.7 cm³/mol. The Labute approximate surface area is 104 Å². The molecule has 86 valence electrons. The molecule has 0 aliphatic carbocycles. The molecule has 17 heavy (non-hydrogen) atoms. The van der Waals surface area contributed by atoms with Gasteiger partial charge >= 0.3 is 0 Å². The van der Waals surface area contributed by atoms with Crippen LogP contribution in [0.4, 0.5) is 0 Å². The van der Waals surface area contributed by atoms with Crippen molar-refractivity contribution >= 4 is 23.4 Å². The lowest BCUT2D eigenvalue weighted by atomic mass is 10.00. The molecule has 0 bridgehead atoms. The third-order valence-corrected chi connectivity index (χ3v) is 3.52. The molecule has 1 atom stereocenters. The van der Waals surface area contributed by atoms with E-state index in [1.165, 1.54) is 11.3 Å². The van der Waals surface area contributed by atoms with E-state index in [1.807, 2.05) is 36.6 Å². The van der Waals surface area contributed by atoms with Gasteiger partial charge < -0.3 is 4.79 Å². The number of benzene rings is 1. The van der Waals surface area contributed by atoms with E-state index >= 15 is 0 Å². The van der Waals surface area contributed by atoms with E-state index < -0.39 is 0 Å². The lowest BCUT2D eigenvalue weighted by Gasteiger charge is -2.04. The molecule has 2 aromatic rings. The lowest BCUT2D eigenvalue weighted by molar-refractivity contribution is -0.108. The zero-order valence-electron chi connectivity index (χ0n) is 9.42. The molecule has 1 aromatic carbocycles. The first-order valence-electron chi connectivity index (χ1n) is 5.36. The van der Waals surface area contributed by atoms with Gasteiger partial charge in [0.2, 0.25) is 5.78 Å². The molecule has 0 aliphatic rings. The summed E-state index contributed by atoms with van der Waals surface area (Å²) in [6.45, 7) is 1.84. The van der Waals surface area contributed by atoms with E-state index in [-0.39, 0.29) is 11.7 Å². The van der Waals surface area contributed by atoms with Gasteiger partial charge in [-0.1, -0.05) is 37.3 Å². The van der Waals surface area contributed by atoms with Crippen LogP contribution in [-0.4, -0.2) is 12.1 Å². The minimum absolute atomic E-state index is 0.0327. The smallest absolute Gasteiger partial charge is 0.202 e. The highest BCUT2D eigenvalue weighted by molar-refractivity contribution is 7.12. The summed E-state index contributed by atoms with van der Waals surface area (Å²) in [5.41, 5.74) is 1.59. The van der Waals surface area contributed by atoms with Gasteiger partial charge in [0.25, 0.3) is 0 Å². The monoisotopic (exact) mass is 244 g/mol. The normalized spacial score (nSPS) is 12.1. The van der Waals surface area contributed by atoms with Crippen LogP contribution in [0.15, 0.2) is 41.8 Å². The summed E-state index contributed by atoms with van der Waals surface area (Å²) < 4.78 is 0. The van der Waals surface area contributed by atoms with Crippen LogP contribution in [0.2, 0.25) is 0 Å². The van der Waals surface area contributed by atoms with Gasteiger partial charge in [-0.05, 0) is 17.0 Å². The summed E-state index contributed by atoms with van der Waals surface area (Å²) in [5.74, 6) is -0.0915. The second-order valence-corrected chi connectivity index (χ2v) is 4.80. The molecule has 0 saturated carbocycles. The highest BCUT2D eigenvalue weighted by atomic mass is 32.1. The summed E-state index contributed by atoms with van der Waals surface area (Å²) in [7, 11) is 0. The maximum atomic E-state index is 12.0. The van der Waals surface area contributed by atoms with Crippen molar-refractivity contribution in [3.05, 3.63) is 57.8 Å². The molecule has 0 aliphatic heterocycles. The Morgan fingerprint density at radius 2 is 1.94 bits per heavy atom. The molecule has 0 spiro atoms. The fourth-order valence-electron chi connectivity index (χ4n) is 1.57. The van der Waals surface area contributed by atoms with Gasteiger partial charge in [0, 0.05) is 11.5 Å². The first-order chi connectivity index (χ1) is 8.22. The van der Waals surface area contributed by atoms with Crippen molar-refractivity contribution in [3.63, 3.8) is 0 Å². The average molecular weight is 244 g/mol. The largest absolute Gasteiger partial charge is 0.303 e. The van der Waals surface area contributed by atoms with Crippen LogP contribution in [0.3, 0.4) is 0 Å². The molecule has 0 N–H and O–H groups in total. The van der Waals surface area contributed by atoms with Crippen LogP contribution in [0.5, 0.6) is 0 Å². The van der Waals surface area contributed by atoms with Crippen LogP contribution in [0.25, 0.3) is 0 Å². The summed E-state index contributed by atoms with van der Waals surface area (Å²) in [4.78, 5) is 23.4. The van der Waals surface area contributed by atoms with Gasteiger partial charge in [-0.25, -0.2) is 0 Å². The fraction of sp³-hybridized carbons (Fsp3) is 0.143. The molecular formula is C14H12O2S. The molecule has 2 rings (SSSR count). The SMILES string of the molecule is CC(C=O)c1ccc(C(=O)c2cccs2)cc1. The summed E-state index contributed by atoms with van der Waals surface area (Å²) in [5, 5.41) is 1.88. The van der Waals surface area contributed by atoms with Gasteiger partial charge in [0.1, 0.15) is 6.29 Å². The number of carbonyl (C=O) groups excluding carboxylic acids is 2. The van der Waals surface area contributed by atoms with E-state index in [0.717, 1.165) is 16.7 Å². The van der Waals surface area contributed by atoms with Gasteiger partial charge in [-0.2, -0.15) is 0 Å². The van der Waals surface area contributed by atoms with Gasteiger partial charge in [-0.15, -0.1) is 11.3 Å². The topological polar surface area (TPSA) is 34.1 Å².